The van der Waals surface area contributed by atoms with E-state index in [1.54, 1.807) is 0 Å². The molecule has 2 rings (SSSR count). The van der Waals surface area contributed by atoms with E-state index in [1.165, 1.54) is 11.1 Å². The minimum atomic E-state index is -1.71. The van der Waals surface area contributed by atoms with Gasteiger partial charge >= 0.3 is 0 Å². The molecule has 0 heterocycles. The third kappa shape index (κ3) is 9.17. The highest BCUT2D eigenvalue weighted by atomic mass is 28.4. The molecule has 0 saturated carbocycles. The van der Waals surface area contributed by atoms with Crippen molar-refractivity contribution in [2.45, 2.75) is 78.6 Å². The summed E-state index contributed by atoms with van der Waals surface area (Å²) in [6.07, 6.45) is 0. The van der Waals surface area contributed by atoms with E-state index < -0.39 is 33.1 Å². The van der Waals surface area contributed by atoms with Crippen LogP contribution in [0.15, 0.2) is 36.4 Å². The van der Waals surface area contributed by atoms with E-state index in [1.807, 2.05) is 0 Å². The van der Waals surface area contributed by atoms with Gasteiger partial charge in [0.1, 0.15) is 28.0 Å². The van der Waals surface area contributed by atoms with Gasteiger partial charge in [0.2, 0.25) is 16.6 Å². The summed E-state index contributed by atoms with van der Waals surface area (Å²) in [4.78, 5) is 7.57. The van der Waals surface area contributed by atoms with Crippen molar-refractivity contribution < 1.29 is 8.85 Å². The summed E-state index contributed by atoms with van der Waals surface area (Å²) in [5.41, 5.74) is 4.58. The van der Waals surface area contributed by atoms with E-state index in [-0.39, 0.29) is 0 Å². The zero-order valence-corrected chi connectivity index (χ0v) is 26.3. The number of hydrogen-bond acceptors (Lipinski definition) is 4. The highest BCUT2D eigenvalue weighted by molar-refractivity contribution is 6.79. The summed E-state index contributed by atoms with van der Waals surface area (Å²) in [5, 5.41) is 0. The molecule has 0 aromatic heterocycles. The third-order valence-corrected chi connectivity index (χ3v) is 7.85. The monoisotopic (exact) mass is 504 g/mol. The van der Waals surface area contributed by atoms with Crippen molar-refractivity contribution in [3.63, 3.8) is 0 Å². The first-order chi connectivity index (χ1) is 14.3. The van der Waals surface area contributed by atoms with E-state index in [9.17, 15) is 0 Å². The Kier molecular flexibility index (Phi) is 7.86. The maximum atomic E-state index is 6.41. The van der Waals surface area contributed by atoms with Crippen molar-refractivity contribution in [3.05, 3.63) is 36.4 Å². The van der Waals surface area contributed by atoms with Crippen LogP contribution in [0, 0.1) is 0 Å². The molecule has 2 aromatic carbocycles. The van der Waals surface area contributed by atoms with Crippen LogP contribution in [0.1, 0.15) is 0 Å². The summed E-state index contributed by atoms with van der Waals surface area (Å²) < 4.78 is 12.8. The number of hydrogen-bond donors (Lipinski definition) is 2. The fourth-order valence-electron chi connectivity index (χ4n) is 3.26. The smallest absolute Gasteiger partial charge is 0.242 e. The fourth-order valence-corrected chi connectivity index (χ4v) is 6.94. The van der Waals surface area contributed by atoms with E-state index in [0.717, 1.165) is 22.9 Å². The quantitative estimate of drug-likeness (QED) is 0.337. The lowest BCUT2D eigenvalue weighted by atomic mass is 10.0. The van der Waals surface area contributed by atoms with Crippen molar-refractivity contribution in [2.75, 3.05) is 9.96 Å². The Bertz CT molecular complexity index is 859. The largest absolute Gasteiger partial charge is 0.543 e. The molecule has 4 nitrogen and oxygen atoms in total. The molecule has 2 N–H and O–H groups in total. The Balaban J connectivity index is 2.55. The number of nitrogens with one attached hydrogen (secondary N) is 2. The van der Waals surface area contributed by atoms with Crippen molar-refractivity contribution in [1.82, 2.24) is 0 Å². The van der Waals surface area contributed by atoms with E-state index in [4.69, 9.17) is 8.85 Å². The average molecular weight is 505 g/mol. The summed E-state index contributed by atoms with van der Waals surface area (Å²) in [6, 6.07) is 13.1. The normalized spacial score (nSPS) is 13.0. The molecule has 0 bridgehead atoms. The van der Waals surface area contributed by atoms with Gasteiger partial charge in [-0.15, -0.1) is 0 Å². The van der Waals surface area contributed by atoms with Crippen LogP contribution in [0.5, 0.6) is 11.5 Å². The summed E-state index contributed by atoms with van der Waals surface area (Å²) in [6.45, 7) is 27.3. The summed E-state index contributed by atoms with van der Waals surface area (Å²) in [7, 11) is -6.51. The molecule has 2 aromatic rings. The standard InChI is InChI=1S/C24H44N2O2Si4/c1-29(2,3)25-21-17-19(13-15-23(21)27-31(7,8)9)20-14-16-24(28-32(10,11)12)22(18-20)26-30(4,5)6/h13-18,25-26H,1-12H3. The predicted octanol–water partition coefficient (Wildman–Crippen LogP) is 8.27. The minimum absolute atomic E-state index is 0.967. The second kappa shape index (κ2) is 9.40. The molecule has 0 aliphatic carbocycles. The second-order valence-electron chi connectivity index (χ2n) is 12.6. The van der Waals surface area contributed by atoms with Gasteiger partial charge in [-0.05, 0) is 74.7 Å². The van der Waals surface area contributed by atoms with Crippen molar-refractivity contribution in [2.24, 2.45) is 0 Å². The number of rotatable bonds is 9. The van der Waals surface area contributed by atoms with E-state index in [2.05, 4.69) is 125 Å². The van der Waals surface area contributed by atoms with Crippen LogP contribution in [0.2, 0.25) is 78.6 Å². The molecule has 0 atom stereocenters. The molecular weight excluding hydrogens is 461 g/mol. The van der Waals surface area contributed by atoms with Crippen molar-refractivity contribution in [1.29, 1.82) is 0 Å². The van der Waals surface area contributed by atoms with Crippen LogP contribution in [0.4, 0.5) is 11.4 Å². The van der Waals surface area contributed by atoms with E-state index in [0.29, 0.717) is 0 Å². The van der Waals surface area contributed by atoms with Crippen LogP contribution in [-0.2, 0) is 0 Å². The zero-order valence-electron chi connectivity index (χ0n) is 22.3. The molecule has 0 saturated heterocycles. The van der Waals surface area contributed by atoms with Crippen molar-refractivity contribution in [3.8, 4) is 22.6 Å². The first kappa shape index (κ1) is 26.8. The van der Waals surface area contributed by atoms with Gasteiger partial charge in [0, 0.05) is 0 Å². The van der Waals surface area contributed by atoms with Gasteiger partial charge in [0.15, 0.2) is 0 Å². The van der Waals surface area contributed by atoms with Gasteiger partial charge in [-0.25, -0.2) is 0 Å². The molecule has 0 aliphatic heterocycles. The van der Waals surface area contributed by atoms with Gasteiger partial charge in [0.05, 0.1) is 11.4 Å². The first-order valence-corrected chi connectivity index (χ1v) is 25.4. The molecule has 0 unspecified atom stereocenters. The lowest BCUT2D eigenvalue weighted by molar-refractivity contribution is 0.559. The van der Waals surface area contributed by atoms with Gasteiger partial charge in [0.25, 0.3) is 0 Å². The molecule has 0 radical (unpaired) electrons. The maximum absolute atomic E-state index is 6.41. The number of benzene rings is 2. The van der Waals surface area contributed by atoms with Crippen LogP contribution in [-0.4, -0.2) is 33.1 Å². The van der Waals surface area contributed by atoms with Crippen LogP contribution in [0.25, 0.3) is 11.1 Å². The second-order valence-corrected chi connectivity index (χ2v) is 31.0. The van der Waals surface area contributed by atoms with Crippen LogP contribution >= 0.6 is 0 Å². The van der Waals surface area contributed by atoms with Crippen LogP contribution < -0.4 is 18.8 Å². The topological polar surface area (TPSA) is 42.5 Å². The van der Waals surface area contributed by atoms with Gasteiger partial charge in [-0.1, -0.05) is 51.4 Å². The van der Waals surface area contributed by atoms with Gasteiger partial charge < -0.3 is 18.8 Å². The average Bonchev–Trinajstić information content (AvgIpc) is 2.53. The lowest BCUT2D eigenvalue weighted by Gasteiger charge is -2.28. The van der Waals surface area contributed by atoms with Crippen molar-refractivity contribution >= 4 is 44.5 Å². The maximum Gasteiger partial charge on any atom is 0.242 e. The van der Waals surface area contributed by atoms with E-state index >= 15 is 0 Å². The highest BCUT2D eigenvalue weighted by Crippen LogP contribution is 2.37. The third-order valence-electron chi connectivity index (χ3n) is 4.14. The Morgan fingerprint density at radius 3 is 1.06 bits per heavy atom. The Morgan fingerprint density at radius 2 is 0.812 bits per heavy atom. The molecule has 0 spiro atoms. The molecule has 8 heteroatoms. The SMILES string of the molecule is C[Si](C)(C)Nc1cc(-c2ccc(O[Si](C)(C)C)c(N[Si](C)(C)C)c2)ccc1O[Si](C)(C)C. The Hall–Kier alpha value is -1.49. The first-order valence-electron chi connectivity index (χ1n) is 11.5. The zero-order chi connectivity index (χ0) is 24.5. The Morgan fingerprint density at radius 1 is 0.500 bits per heavy atom. The molecular formula is C24H44N2O2Si4. The molecule has 0 fully saturated rings. The molecule has 0 amide bonds. The lowest BCUT2D eigenvalue weighted by Crippen LogP contribution is -2.34. The fraction of sp³-hybridized carbons (Fsp3) is 0.500. The van der Waals surface area contributed by atoms with Crippen LogP contribution in [0.3, 0.4) is 0 Å². The molecule has 32 heavy (non-hydrogen) atoms. The minimum Gasteiger partial charge on any atom is -0.543 e. The number of anilines is 2. The molecule has 178 valence electrons. The Labute approximate surface area is 200 Å². The summed E-state index contributed by atoms with van der Waals surface area (Å²) >= 11 is 0. The van der Waals surface area contributed by atoms with Gasteiger partial charge in [-0.2, -0.15) is 0 Å². The molecule has 0 aliphatic rings. The van der Waals surface area contributed by atoms with Gasteiger partial charge in [-0.3, -0.25) is 0 Å². The predicted molar refractivity (Wildman–Crippen MR) is 154 cm³/mol. The summed E-state index contributed by atoms with van der Waals surface area (Å²) in [5.74, 6) is 1.93. The highest BCUT2D eigenvalue weighted by Gasteiger charge is 2.23.